The highest BCUT2D eigenvalue weighted by Gasteiger charge is 2.34. The molecule has 1 saturated heterocycles. The zero-order chi connectivity index (χ0) is 16.4. The maximum Gasteiger partial charge on any atom is 0.214 e. The Balaban J connectivity index is 1.86. The van der Waals surface area contributed by atoms with E-state index in [1.54, 1.807) is 6.20 Å². The predicted octanol–water partition coefficient (Wildman–Crippen LogP) is 1.94. The molecule has 2 aromatic heterocycles. The van der Waals surface area contributed by atoms with Crippen molar-refractivity contribution in [1.29, 1.82) is 0 Å². The van der Waals surface area contributed by atoms with Crippen molar-refractivity contribution in [2.75, 3.05) is 45.2 Å². The number of nitrogens with one attached hydrogen (secondary N) is 1. The van der Waals surface area contributed by atoms with Crippen LogP contribution in [0.4, 0.5) is 5.69 Å². The Morgan fingerprint density at radius 3 is 2.61 bits per heavy atom. The van der Waals surface area contributed by atoms with Gasteiger partial charge in [0.1, 0.15) is 0 Å². The molecule has 0 bridgehead atoms. The molecule has 3 rings (SSSR count). The standard InChI is InChI=1S/C17H25N5O/c1-17(2,22-7-5-18-6-8-22)16-20-12-15(23-16)13-9-14(21(3)4)11-19-10-13/h9-12,18H,5-8H2,1-4H3. The highest BCUT2D eigenvalue weighted by Crippen LogP contribution is 2.31. The van der Waals surface area contributed by atoms with Crippen molar-refractivity contribution < 1.29 is 4.42 Å². The number of rotatable bonds is 4. The molecule has 1 aliphatic heterocycles. The number of hydrogen-bond acceptors (Lipinski definition) is 6. The molecule has 1 N–H and O–H groups in total. The lowest BCUT2D eigenvalue weighted by Crippen LogP contribution is -2.51. The largest absolute Gasteiger partial charge is 0.439 e. The minimum Gasteiger partial charge on any atom is -0.439 e. The van der Waals surface area contributed by atoms with Gasteiger partial charge in [-0.3, -0.25) is 9.88 Å². The molecule has 6 heteroatoms. The van der Waals surface area contributed by atoms with Gasteiger partial charge in [0.05, 0.1) is 23.6 Å². The number of piperazine rings is 1. The molecule has 0 spiro atoms. The van der Waals surface area contributed by atoms with E-state index in [4.69, 9.17) is 4.42 Å². The molecule has 0 amide bonds. The molecule has 0 atom stereocenters. The molecule has 0 aromatic carbocycles. The molecule has 0 unspecified atom stereocenters. The predicted molar refractivity (Wildman–Crippen MR) is 91.5 cm³/mol. The molecular weight excluding hydrogens is 290 g/mol. The minimum absolute atomic E-state index is 0.215. The lowest BCUT2D eigenvalue weighted by Gasteiger charge is -2.38. The van der Waals surface area contributed by atoms with Crippen molar-refractivity contribution in [3.8, 4) is 11.3 Å². The van der Waals surface area contributed by atoms with E-state index in [-0.39, 0.29) is 5.54 Å². The maximum absolute atomic E-state index is 6.09. The van der Waals surface area contributed by atoms with Crippen LogP contribution in [0.5, 0.6) is 0 Å². The van der Waals surface area contributed by atoms with Crippen LogP contribution in [0.2, 0.25) is 0 Å². The van der Waals surface area contributed by atoms with Crippen molar-refractivity contribution in [2.24, 2.45) is 0 Å². The molecule has 0 aliphatic carbocycles. The first kappa shape index (κ1) is 16.0. The second-order valence-corrected chi connectivity index (χ2v) is 6.65. The van der Waals surface area contributed by atoms with Gasteiger partial charge >= 0.3 is 0 Å². The number of anilines is 1. The molecule has 0 saturated carbocycles. The zero-order valence-electron chi connectivity index (χ0n) is 14.3. The van der Waals surface area contributed by atoms with Gasteiger partial charge in [0.25, 0.3) is 0 Å². The Morgan fingerprint density at radius 1 is 1.17 bits per heavy atom. The highest BCUT2D eigenvalue weighted by molar-refractivity contribution is 5.61. The molecule has 1 aliphatic rings. The Bertz CT molecular complexity index is 659. The molecule has 6 nitrogen and oxygen atoms in total. The van der Waals surface area contributed by atoms with E-state index in [0.717, 1.165) is 49.1 Å². The number of aromatic nitrogens is 2. The van der Waals surface area contributed by atoms with Crippen LogP contribution in [-0.4, -0.2) is 55.1 Å². The van der Waals surface area contributed by atoms with Gasteiger partial charge in [-0.15, -0.1) is 0 Å². The summed E-state index contributed by atoms with van der Waals surface area (Å²) >= 11 is 0. The normalized spacial score (nSPS) is 16.5. The Morgan fingerprint density at radius 2 is 1.91 bits per heavy atom. The first-order chi connectivity index (χ1) is 11.0. The van der Waals surface area contributed by atoms with Crippen LogP contribution in [0, 0.1) is 0 Å². The van der Waals surface area contributed by atoms with Crippen molar-refractivity contribution in [1.82, 2.24) is 20.2 Å². The van der Waals surface area contributed by atoms with E-state index in [2.05, 4.69) is 40.1 Å². The summed E-state index contributed by atoms with van der Waals surface area (Å²) in [6, 6.07) is 2.06. The second kappa shape index (κ2) is 6.29. The Hall–Kier alpha value is -1.92. The van der Waals surface area contributed by atoms with E-state index in [1.165, 1.54) is 0 Å². The lowest BCUT2D eigenvalue weighted by atomic mass is 10.0. The van der Waals surface area contributed by atoms with Gasteiger partial charge in [0, 0.05) is 52.0 Å². The third-order valence-corrected chi connectivity index (χ3v) is 4.46. The average molecular weight is 315 g/mol. The fourth-order valence-corrected chi connectivity index (χ4v) is 2.86. The fourth-order valence-electron chi connectivity index (χ4n) is 2.86. The summed E-state index contributed by atoms with van der Waals surface area (Å²) in [6.45, 7) is 8.35. The zero-order valence-corrected chi connectivity index (χ0v) is 14.3. The van der Waals surface area contributed by atoms with E-state index < -0.39 is 0 Å². The van der Waals surface area contributed by atoms with E-state index in [0.29, 0.717) is 0 Å². The van der Waals surface area contributed by atoms with E-state index >= 15 is 0 Å². The smallest absolute Gasteiger partial charge is 0.214 e. The summed E-state index contributed by atoms with van der Waals surface area (Å²) in [4.78, 5) is 13.3. The third-order valence-electron chi connectivity index (χ3n) is 4.46. The van der Waals surface area contributed by atoms with Crippen LogP contribution in [0.3, 0.4) is 0 Å². The van der Waals surface area contributed by atoms with Gasteiger partial charge < -0.3 is 14.6 Å². The summed E-state index contributed by atoms with van der Waals surface area (Å²) in [5, 5.41) is 3.38. The number of oxazole rings is 1. The topological polar surface area (TPSA) is 57.4 Å². The summed E-state index contributed by atoms with van der Waals surface area (Å²) in [6.07, 6.45) is 5.45. The van der Waals surface area contributed by atoms with Crippen LogP contribution in [0.25, 0.3) is 11.3 Å². The SMILES string of the molecule is CN(C)c1cncc(-c2cnc(C(C)(C)N3CCNCC3)o2)c1. The fraction of sp³-hybridized carbons (Fsp3) is 0.529. The van der Waals surface area contributed by atoms with Gasteiger partial charge in [0.2, 0.25) is 5.89 Å². The van der Waals surface area contributed by atoms with Crippen LogP contribution in [0.15, 0.2) is 29.1 Å². The van der Waals surface area contributed by atoms with Crippen LogP contribution >= 0.6 is 0 Å². The summed E-state index contributed by atoms with van der Waals surface area (Å²) in [7, 11) is 4.00. The highest BCUT2D eigenvalue weighted by atomic mass is 16.4. The van der Waals surface area contributed by atoms with Crippen LogP contribution in [-0.2, 0) is 5.54 Å². The summed E-state index contributed by atoms with van der Waals surface area (Å²) < 4.78 is 6.09. The van der Waals surface area contributed by atoms with Crippen molar-refractivity contribution in [3.05, 3.63) is 30.5 Å². The number of pyridine rings is 1. The quantitative estimate of drug-likeness (QED) is 0.930. The van der Waals surface area contributed by atoms with Gasteiger partial charge in [-0.05, 0) is 19.9 Å². The Kier molecular flexibility index (Phi) is 4.37. The first-order valence-corrected chi connectivity index (χ1v) is 8.03. The van der Waals surface area contributed by atoms with Gasteiger partial charge in [0.15, 0.2) is 5.76 Å². The minimum atomic E-state index is -0.215. The monoisotopic (exact) mass is 315 g/mol. The van der Waals surface area contributed by atoms with Gasteiger partial charge in [-0.1, -0.05) is 0 Å². The van der Waals surface area contributed by atoms with Crippen LogP contribution in [0.1, 0.15) is 19.7 Å². The van der Waals surface area contributed by atoms with Crippen molar-refractivity contribution >= 4 is 5.69 Å². The molecule has 124 valence electrons. The molecule has 3 heterocycles. The number of hydrogen-bond donors (Lipinski definition) is 1. The summed E-state index contributed by atoms with van der Waals surface area (Å²) in [5.74, 6) is 1.52. The molecule has 23 heavy (non-hydrogen) atoms. The molecule has 1 fully saturated rings. The van der Waals surface area contributed by atoms with Crippen molar-refractivity contribution in [3.63, 3.8) is 0 Å². The third kappa shape index (κ3) is 3.23. The molecular formula is C17H25N5O. The van der Waals surface area contributed by atoms with E-state index in [9.17, 15) is 0 Å². The first-order valence-electron chi connectivity index (χ1n) is 8.03. The second-order valence-electron chi connectivity index (χ2n) is 6.65. The van der Waals surface area contributed by atoms with Crippen molar-refractivity contribution in [2.45, 2.75) is 19.4 Å². The maximum atomic E-state index is 6.09. The van der Waals surface area contributed by atoms with E-state index in [1.807, 2.05) is 31.4 Å². The molecule has 0 radical (unpaired) electrons. The Labute approximate surface area is 137 Å². The number of nitrogens with zero attached hydrogens (tertiary/aromatic N) is 4. The van der Waals surface area contributed by atoms with Gasteiger partial charge in [-0.2, -0.15) is 0 Å². The summed E-state index contributed by atoms with van der Waals surface area (Å²) in [5.41, 5.74) is 1.78. The average Bonchev–Trinajstić information content (AvgIpc) is 3.06. The van der Waals surface area contributed by atoms with Gasteiger partial charge in [-0.25, -0.2) is 4.98 Å². The molecule has 2 aromatic rings. The lowest BCUT2D eigenvalue weighted by molar-refractivity contribution is 0.0783. The van der Waals surface area contributed by atoms with Crippen LogP contribution < -0.4 is 10.2 Å².